The first kappa shape index (κ1) is 21.2. The smallest absolute Gasteiger partial charge is 0.331 e. The van der Waals surface area contributed by atoms with Crippen LogP contribution in [0, 0.1) is 0 Å². The second-order valence-electron chi connectivity index (χ2n) is 6.57. The van der Waals surface area contributed by atoms with Gasteiger partial charge in [-0.3, -0.25) is 0 Å². The molecule has 0 aromatic heterocycles. The highest BCUT2D eigenvalue weighted by Gasteiger charge is 2.09. The summed E-state index contributed by atoms with van der Waals surface area (Å²) in [5.41, 5.74) is 1.79. The standard InChI is InChI=1S/C20H38O2/c1-4-6-8-10-11-12-13-15-17-19(18(3)20(21)22)16-14-9-7-5-2/h4-17H2,1-3H3,(H,21,22)/b19-18-. The van der Waals surface area contributed by atoms with E-state index in [-0.39, 0.29) is 0 Å². The van der Waals surface area contributed by atoms with Gasteiger partial charge in [-0.1, -0.05) is 83.6 Å². The Bertz CT molecular complexity index is 305. The Kier molecular flexibility index (Phi) is 14.6. The number of hydrogen-bond acceptors (Lipinski definition) is 1. The number of carbonyl (C=O) groups is 1. The summed E-state index contributed by atoms with van der Waals surface area (Å²) >= 11 is 0. The van der Waals surface area contributed by atoms with Gasteiger partial charge in [0.05, 0.1) is 0 Å². The van der Waals surface area contributed by atoms with Crippen LogP contribution in [0.2, 0.25) is 0 Å². The van der Waals surface area contributed by atoms with E-state index in [0.717, 1.165) is 25.7 Å². The van der Waals surface area contributed by atoms with Crippen LogP contribution in [0.3, 0.4) is 0 Å². The van der Waals surface area contributed by atoms with Gasteiger partial charge in [-0.15, -0.1) is 0 Å². The molecule has 0 saturated carbocycles. The Balaban J connectivity index is 3.94. The van der Waals surface area contributed by atoms with Gasteiger partial charge in [0, 0.05) is 5.57 Å². The molecule has 0 aromatic rings. The van der Waals surface area contributed by atoms with Gasteiger partial charge >= 0.3 is 5.97 Å². The third kappa shape index (κ3) is 11.8. The van der Waals surface area contributed by atoms with E-state index in [1.807, 2.05) is 0 Å². The Labute approximate surface area is 138 Å². The minimum Gasteiger partial charge on any atom is -0.478 e. The SMILES string of the molecule is CCCCCCCCCC/C(CCCCCC)=C(/C)C(=O)O. The van der Waals surface area contributed by atoms with Gasteiger partial charge in [0.1, 0.15) is 0 Å². The maximum Gasteiger partial charge on any atom is 0.331 e. The predicted molar refractivity (Wildman–Crippen MR) is 96.3 cm³/mol. The Morgan fingerprint density at radius 2 is 1.05 bits per heavy atom. The van der Waals surface area contributed by atoms with E-state index in [1.165, 1.54) is 69.8 Å². The lowest BCUT2D eigenvalue weighted by Gasteiger charge is -2.10. The molecule has 0 amide bonds. The highest BCUT2D eigenvalue weighted by Crippen LogP contribution is 2.21. The van der Waals surface area contributed by atoms with Crippen LogP contribution >= 0.6 is 0 Å². The average Bonchev–Trinajstić information content (AvgIpc) is 2.51. The molecule has 0 saturated heterocycles. The topological polar surface area (TPSA) is 37.3 Å². The van der Waals surface area contributed by atoms with Crippen molar-refractivity contribution >= 4 is 5.97 Å². The van der Waals surface area contributed by atoms with Crippen LogP contribution < -0.4 is 0 Å². The molecule has 130 valence electrons. The fraction of sp³-hybridized carbons (Fsp3) is 0.850. The number of rotatable bonds is 15. The van der Waals surface area contributed by atoms with Gasteiger partial charge in [-0.05, 0) is 32.6 Å². The Hall–Kier alpha value is -0.790. The molecule has 2 heteroatoms. The third-order valence-corrected chi connectivity index (χ3v) is 4.52. The molecular weight excluding hydrogens is 272 g/mol. The summed E-state index contributed by atoms with van der Waals surface area (Å²) in [5, 5.41) is 9.22. The molecular formula is C20H38O2. The van der Waals surface area contributed by atoms with E-state index >= 15 is 0 Å². The zero-order valence-corrected chi connectivity index (χ0v) is 15.3. The fourth-order valence-electron chi connectivity index (χ4n) is 2.89. The summed E-state index contributed by atoms with van der Waals surface area (Å²) in [6.07, 6.45) is 17.3. The lowest BCUT2D eigenvalue weighted by Crippen LogP contribution is -2.02. The van der Waals surface area contributed by atoms with Gasteiger partial charge in [0.2, 0.25) is 0 Å². The lowest BCUT2D eigenvalue weighted by atomic mass is 9.96. The molecule has 0 spiro atoms. The number of hydrogen-bond donors (Lipinski definition) is 1. The second kappa shape index (κ2) is 15.1. The van der Waals surface area contributed by atoms with Gasteiger partial charge in [-0.2, -0.15) is 0 Å². The van der Waals surface area contributed by atoms with Crippen LogP contribution in [-0.2, 0) is 4.79 Å². The zero-order valence-electron chi connectivity index (χ0n) is 15.3. The molecule has 0 bridgehead atoms. The third-order valence-electron chi connectivity index (χ3n) is 4.52. The molecule has 22 heavy (non-hydrogen) atoms. The summed E-state index contributed by atoms with van der Waals surface area (Å²) in [5.74, 6) is -0.731. The van der Waals surface area contributed by atoms with Crippen LogP contribution in [0.15, 0.2) is 11.1 Å². The monoisotopic (exact) mass is 310 g/mol. The second-order valence-corrected chi connectivity index (χ2v) is 6.57. The van der Waals surface area contributed by atoms with Crippen molar-refractivity contribution in [1.82, 2.24) is 0 Å². The van der Waals surface area contributed by atoms with Crippen LogP contribution in [0.4, 0.5) is 0 Å². The molecule has 0 heterocycles. The molecule has 0 rings (SSSR count). The molecule has 0 aliphatic heterocycles. The van der Waals surface area contributed by atoms with Gasteiger partial charge in [0.25, 0.3) is 0 Å². The summed E-state index contributed by atoms with van der Waals surface area (Å²) in [7, 11) is 0. The van der Waals surface area contributed by atoms with Crippen molar-refractivity contribution in [3.63, 3.8) is 0 Å². The van der Waals surface area contributed by atoms with Crippen LogP contribution in [-0.4, -0.2) is 11.1 Å². The Morgan fingerprint density at radius 1 is 0.682 bits per heavy atom. The molecule has 0 atom stereocenters. The summed E-state index contributed by atoms with van der Waals surface area (Å²) in [4.78, 5) is 11.2. The molecule has 0 aromatic carbocycles. The summed E-state index contributed by atoms with van der Waals surface area (Å²) < 4.78 is 0. The molecule has 2 nitrogen and oxygen atoms in total. The van der Waals surface area contributed by atoms with Crippen molar-refractivity contribution in [2.45, 2.75) is 111 Å². The van der Waals surface area contributed by atoms with Gasteiger partial charge < -0.3 is 5.11 Å². The average molecular weight is 311 g/mol. The number of allylic oxidation sites excluding steroid dienone is 1. The predicted octanol–water partition coefficient (Wildman–Crippen LogP) is 6.89. The van der Waals surface area contributed by atoms with Crippen molar-refractivity contribution in [3.05, 3.63) is 11.1 Å². The molecule has 0 unspecified atom stereocenters. The minimum atomic E-state index is -0.731. The highest BCUT2D eigenvalue weighted by atomic mass is 16.4. The summed E-state index contributed by atoms with van der Waals surface area (Å²) in [6, 6.07) is 0. The molecule has 0 aliphatic rings. The first-order chi connectivity index (χ1) is 10.6. The van der Waals surface area contributed by atoms with Crippen LogP contribution in [0.5, 0.6) is 0 Å². The van der Waals surface area contributed by atoms with Gasteiger partial charge in [0.15, 0.2) is 0 Å². The van der Waals surface area contributed by atoms with Crippen molar-refractivity contribution in [3.8, 4) is 0 Å². The highest BCUT2D eigenvalue weighted by molar-refractivity contribution is 5.86. The minimum absolute atomic E-state index is 0.597. The number of aliphatic carboxylic acids is 1. The first-order valence-corrected chi connectivity index (χ1v) is 9.55. The van der Waals surface area contributed by atoms with E-state index in [2.05, 4.69) is 13.8 Å². The number of carboxylic acid groups (broad SMARTS) is 1. The van der Waals surface area contributed by atoms with Crippen molar-refractivity contribution in [1.29, 1.82) is 0 Å². The Morgan fingerprint density at radius 3 is 1.45 bits per heavy atom. The molecule has 0 radical (unpaired) electrons. The first-order valence-electron chi connectivity index (χ1n) is 9.55. The van der Waals surface area contributed by atoms with E-state index in [0.29, 0.717) is 5.57 Å². The number of carboxylic acids is 1. The van der Waals surface area contributed by atoms with Crippen molar-refractivity contribution < 1.29 is 9.90 Å². The fourth-order valence-corrected chi connectivity index (χ4v) is 2.89. The zero-order chi connectivity index (χ0) is 16.6. The van der Waals surface area contributed by atoms with E-state index in [9.17, 15) is 9.90 Å². The normalized spacial score (nSPS) is 12.3. The van der Waals surface area contributed by atoms with Crippen molar-refractivity contribution in [2.24, 2.45) is 0 Å². The van der Waals surface area contributed by atoms with E-state index in [4.69, 9.17) is 0 Å². The van der Waals surface area contributed by atoms with Crippen LogP contribution in [0.1, 0.15) is 111 Å². The number of unbranched alkanes of at least 4 members (excludes halogenated alkanes) is 10. The summed E-state index contributed by atoms with van der Waals surface area (Å²) in [6.45, 7) is 6.24. The quantitative estimate of drug-likeness (QED) is 0.264. The molecule has 0 fully saturated rings. The maximum absolute atomic E-state index is 11.2. The van der Waals surface area contributed by atoms with Gasteiger partial charge in [-0.25, -0.2) is 4.79 Å². The molecule has 1 N–H and O–H groups in total. The van der Waals surface area contributed by atoms with Crippen molar-refractivity contribution in [2.75, 3.05) is 0 Å². The lowest BCUT2D eigenvalue weighted by molar-refractivity contribution is -0.132. The van der Waals surface area contributed by atoms with Crippen LogP contribution in [0.25, 0.3) is 0 Å². The largest absolute Gasteiger partial charge is 0.478 e. The van der Waals surface area contributed by atoms with E-state index < -0.39 is 5.97 Å². The molecule has 0 aliphatic carbocycles. The maximum atomic E-state index is 11.2. The van der Waals surface area contributed by atoms with E-state index in [1.54, 1.807) is 6.92 Å².